The largest absolute Gasteiger partial charge is 0.437 e. The number of halogens is 1. The molecule has 7 nitrogen and oxygen atoms in total. The molecule has 0 spiro atoms. The van der Waals surface area contributed by atoms with E-state index < -0.39 is 0 Å². The third kappa shape index (κ3) is 4.35. The summed E-state index contributed by atoms with van der Waals surface area (Å²) in [5.74, 6) is 0.0957. The molecule has 1 aliphatic rings. The molecule has 0 bridgehead atoms. The Morgan fingerprint density at radius 1 is 1.19 bits per heavy atom. The van der Waals surface area contributed by atoms with E-state index in [4.69, 9.17) is 33.3 Å². The Bertz CT molecular complexity index is 1270. The average molecular weight is 474 g/mol. The maximum atomic E-state index is 13.2. The summed E-state index contributed by atoms with van der Waals surface area (Å²) in [5, 5.41) is 0.370. The molecule has 0 atom stereocenters. The van der Waals surface area contributed by atoms with Gasteiger partial charge in [-0.15, -0.1) is 0 Å². The van der Waals surface area contributed by atoms with Crippen molar-refractivity contribution in [3.05, 3.63) is 74.5 Å². The number of benzene rings is 1. The monoisotopic (exact) mass is 473 g/mol. The molecule has 1 aromatic carbocycles. The quantitative estimate of drug-likeness (QED) is 0.396. The van der Waals surface area contributed by atoms with Gasteiger partial charge in [-0.3, -0.25) is 18.9 Å². The number of rotatable bonds is 6. The van der Waals surface area contributed by atoms with Crippen LogP contribution in [0.25, 0.3) is 11.7 Å². The van der Waals surface area contributed by atoms with Crippen LogP contribution in [0.5, 0.6) is 11.6 Å². The normalized spacial score (nSPS) is 15.3. The highest BCUT2D eigenvalue weighted by molar-refractivity contribution is 8.26. The lowest BCUT2D eigenvalue weighted by Gasteiger charge is -2.13. The van der Waals surface area contributed by atoms with Crippen LogP contribution in [0.4, 0.5) is 0 Å². The van der Waals surface area contributed by atoms with E-state index in [9.17, 15) is 9.59 Å². The predicted octanol–water partition coefficient (Wildman–Crippen LogP) is 3.99. The Morgan fingerprint density at radius 2 is 1.97 bits per heavy atom. The summed E-state index contributed by atoms with van der Waals surface area (Å²) in [6.45, 7) is 0.678. The molecule has 0 saturated carbocycles. The van der Waals surface area contributed by atoms with Gasteiger partial charge in [0.15, 0.2) is 0 Å². The predicted molar refractivity (Wildman–Crippen MR) is 125 cm³/mol. The first-order valence-electron chi connectivity index (χ1n) is 9.17. The average Bonchev–Trinajstić information content (AvgIpc) is 3.03. The van der Waals surface area contributed by atoms with Crippen LogP contribution in [0.3, 0.4) is 0 Å². The van der Waals surface area contributed by atoms with Gasteiger partial charge in [-0.25, -0.2) is 0 Å². The number of carbonyl (C=O) groups is 1. The second-order valence-electron chi connectivity index (χ2n) is 6.42. The zero-order valence-electron chi connectivity index (χ0n) is 16.3. The minimum atomic E-state index is -0.380. The molecule has 158 valence electrons. The molecule has 2 aromatic heterocycles. The van der Waals surface area contributed by atoms with Crippen molar-refractivity contribution in [2.24, 2.45) is 0 Å². The van der Waals surface area contributed by atoms with E-state index in [0.717, 1.165) is 11.8 Å². The van der Waals surface area contributed by atoms with Crippen molar-refractivity contribution in [2.45, 2.75) is 0 Å². The fourth-order valence-electron chi connectivity index (χ4n) is 2.92. The Hall–Kier alpha value is -2.72. The van der Waals surface area contributed by atoms with Crippen molar-refractivity contribution in [1.82, 2.24) is 14.3 Å². The summed E-state index contributed by atoms with van der Waals surface area (Å²) >= 11 is 12.6. The lowest BCUT2D eigenvalue weighted by Crippen LogP contribution is -2.31. The van der Waals surface area contributed by atoms with Crippen LogP contribution < -0.4 is 10.3 Å². The summed E-state index contributed by atoms with van der Waals surface area (Å²) in [6.07, 6.45) is 3.07. The number of para-hydroxylation sites is 1. The van der Waals surface area contributed by atoms with Crippen LogP contribution in [0.2, 0.25) is 5.02 Å². The van der Waals surface area contributed by atoms with Crippen LogP contribution in [0, 0.1) is 0 Å². The van der Waals surface area contributed by atoms with Gasteiger partial charge in [-0.2, -0.15) is 4.98 Å². The van der Waals surface area contributed by atoms with Crippen molar-refractivity contribution >= 4 is 57.5 Å². The molecule has 0 unspecified atom stereocenters. The first-order valence-corrected chi connectivity index (χ1v) is 10.8. The van der Waals surface area contributed by atoms with Gasteiger partial charge in [0, 0.05) is 13.3 Å². The van der Waals surface area contributed by atoms with E-state index in [0.29, 0.717) is 38.8 Å². The molecule has 1 saturated heterocycles. The number of thiocarbonyl (C=S) groups is 1. The minimum absolute atomic E-state index is 0.0476. The van der Waals surface area contributed by atoms with Crippen LogP contribution in [-0.4, -0.2) is 44.8 Å². The molecule has 1 amide bonds. The molecule has 4 rings (SSSR count). The Labute approximate surface area is 192 Å². The minimum Gasteiger partial charge on any atom is -0.437 e. The number of nitrogens with zero attached hydrogens (tertiary/aromatic N) is 3. The zero-order chi connectivity index (χ0) is 22.0. The molecular formula is C21H16ClN3O4S2. The van der Waals surface area contributed by atoms with E-state index in [1.165, 1.54) is 15.4 Å². The fraction of sp³-hybridized carbons (Fsp3) is 0.143. The SMILES string of the molecule is COCCN1C(=O)/C(=C/c2c(Oc3ccccc3Cl)nc3ccccn3c2=O)SC1=S. The van der Waals surface area contributed by atoms with Gasteiger partial charge in [-0.1, -0.05) is 53.8 Å². The summed E-state index contributed by atoms with van der Waals surface area (Å²) in [6, 6.07) is 12.0. The Balaban J connectivity index is 1.83. The number of aromatic nitrogens is 2. The number of hydrogen-bond donors (Lipinski definition) is 0. The van der Waals surface area contributed by atoms with Crippen molar-refractivity contribution in [1.29, 1.82) is 0 Å². The number of methoxy groups -OCH3 is 1. The lowest BCUT2D eigenvalue weighted by atomic mass is 10.2. The zero-order valence-corrected chi connectivity index (χ0v) is 18.7. The summed E-state index contributed by atoms with van der Waals surface area (Å²) in [4.78, 5) is 32.3. The number of hydrogen-bond acceptors (Lipinski definition) is 7. The third-order valence-electron chi connectivity index (χ3n) is 4.45. The van der Waals surface area contributed by atoms with Crippen molar-refractivity contribution in [3.8, 4) is 11.6 Å². The summed E-state index contributed by atoms with van der Waals surface area (Å²) in [7, 11) is 1.55. The number of carbonyl (C=O) groups excluding carboxylic acids is 1. The fourth-order valence-corrected chi connectivity index (χ4v) is 4.39. The van der Waals surface area contributed by atoms with E-state index in [1.807, 2.05) is 0 Å². The van der Waals surface area contributed by atoms with Crippen molar-refractivity contribution in [2.75, 3.05) is 20.3 Å². The van der Waals surface area contributed by atoms with Crippen molar-refractivity contribution in [3.63, 3.8) is 0 Å². The molecular weight excluding hydrogens is 458 g/mol. The first kappa shape index (κ1) is 21.5. The number of fused-ring (bicyclic) bond motifs is 1. The maximum Gasteiger partial charge on any atom is 0.269 e. The second-order valence-corrected chi connectivity index (χ2v) is 8.51. The van der Waals surface area contributed by atoms with Gasteiger partial charge in [0.2, 0.25) is 5.88 Å². The number of thioether (sulfide) groups is 1. The lowest BCUT2D eigenvalue weighted by molar-refractivity contribution is -0.122. The molecule has 10 heteroatoms. The van der Waals surface area contributed by atoms with E-state index in [2.05, 4.69) is 4.98 Å². The summed E-state index contributed by atoms with van der Waals surface area (Å²) < 4.78 is 12.7. The maximum absolute atomic E-state index is 13.2. The Kier molecular flexibility index (Phi) is 6.38. The van der Waals surface area contributed by atoms with Gasteiger partial charge in [0.25, 0.3) is 11.5 Å². The first-order chi connectivity index (χ1) is 15.0. The third-order valence-corrected chi connectivity index (χ3v) is 6.14. The molecule has 3 aromatic rings. The molecule has 0 N–H and O–H groups in total. The molecule has 31 heavy (non-hydrogen) atoms. The molecule has 3 heterocycles. The van der Waals surface area contributed by atoms with Crippen molar-refractivity contribution < 1.29 is 14.3 Å². The molecule has 1 fully saturated rings. The van der Waals surface area contributed by atoms with E-state index in [1.54, 1.807) is 55.8 Å². The van der Waals surface area contributed by atoms with Crippen LogP contribution in [0.1, 0.15) is 5.56 Å². The molecule has 1 aliphatic heterocycles. The second kappa shape index (κ2) is 9.19. The number of amides is 1. The highest BCUT2D eigenvalue weighted by Crippen LogP contribution is 2.35. The van der Waals surface area contributed by atoms with Crippen LogP contribution >= 0.6 is 35.6 Å². The van der Waals surface area contributed by atoms with Crippen LogP contribution in [-0.2, 0) is 9.53 Å². The summed E-state index contributed by atoms with van der Waals surface area (Å²) in [5.41, 5.74) is 0.144. The van der Waals surface area contributed by atoms with Crippen LogP contribution in [0.15, 0.2) is 58.4 Å². The Morgan fingerprint density at radius 3 is 2.74 bits per heavy atom. The topological polar surface area (TPSA) is 73.1 Å². The van der Waals surface area contributed by atoms with Gasteiger partial charge in [0.1, 0.15) is 21.3 Å². The van der Waals surface area contributed by atoms with E-state index >= 15 is 0 Å². The number of pyridine rings is 1. The standard InChI is InChI=1S/C21H16ClN3O4S2/c1-28-11-10-25-20(27)16(31-21(25)30)12-13-18(29-15-7-3-2-6-14(15)22)23-17-8-4-5-9-24(17)19(13)26/h2-9,12H,10-11H2,1H3/b16-12-. The highest BCUT2D eigenvalue weighted by Gasteiger charge is 2.32. The highest BCUT2D eigenvalue weighted by atomic mass is 35.5. The smallest absolute Gasteiger partial charge is 0.269 e. The van der Waals surface area contributed by atoms with Gasteiger partial charge in [0.05, 0.1) is 23.1 Å². The van der Waals surface area contributed by atoms with Gasteiger partial charge < -0.3 is 9.47 Å². The van der Waals surface area contributed by atoms with Gasteiger partial charge in [-0.05, 0) is 30.3 Å². The van der Waals surface area contributed by atoms with Gasteiger partial charge >= 0.3 is 0 Å². The molecule has 0 aliphatic carbocycles. The molecule has 0 radical (unpaired) electrons. The van der Waals surface area contributed by atoms with E-state index in [-0.39, 0.29) is 22.9 Å². The number of ether oxygens (including phenoxy) is 2.